The standard InChI is InChI=1S/C15H21BrFN/c1-2-10-4-6-15(18)12(7-10)8-11-3-5-14(17)13(16)9-11/h3,5,9-10,12,15H,2,4,6-8,18H2,1H3. The average Bonchev–Trinajstić information content (AvgIpc) is 2.36. The van der Waals surface area contributed by atoms with Gasteiger partial charge >= 0.3 is 0 Å². The Kier molecular flexibility index (Phi) is 4.79. The maximum Gasteiger partial charge on any atom is 0.137 e. The molecular formula is C15H21BrFN. The third-order valence-electron chi connectivity index (χ3n) is 4.21. The second kappa shape index (κ2) is 6.16. The van der Waals surface area contributed by atoms with Gasteiger partial charge in [-0.25, -0.2) is 4.39 Å². The molecule has 3 heteroatoms. The minimum absolute atomic E-state index is 0.196. The molecule has 1 saturated carbocycles. The van der Waals surface area contributed by atoms with Gasteiger partial charge < -0.3 is 5.73 Å². The Morgan fingerprint density at radius 3 is 2.83 bits per heavy atom. The normalized spacial score (nSPS) is 28.3. The Labute approximate surface area is 117 Å². The van der Waals surface area contributed by atoms with Crippen LogP contribution in [0.25, 0.3) is 0 Å². The lowest BCUT2D eigenvalue weighted by Gasteiger charge is -2.34. The summed E-state index contributed by atoms with van der Waals surface area (Å²) in [6.07, 6.45) is 5.83. The first-order valence-electron chi connectivity index (χ1n) is 6.79. The zero-order valence-corrected chi connectivity index (χ0v) is 12.4. The minimum Gasteiger partial charge on any atom is -0.327 e. The highest BCUT2D eigenvalue weighted by atomic mass is 79.9. The fourth-order valence-corrected chi connectivity index (χ4v) is 3.39. The summed E-state index contributed by atoms with van der Waals surface area (Å²) in [7, 11) is 0. The van der Waals surface area contributed by atoms with E-state index in [2.05, 4.69) is 22.9 Å². The lowest BCUT2D eigenvalue weighted by Crippen LogP contribution is -2.37. The summed E-state index contributed by atoms with van der Waals surface area (Å²) in [5.74, 6) is 1.16. The molecule has 1 aromatic carbocycles. The van der Waals surface area contributed by atoms with Gasteiger partial charge in [-0.15, -0.1) is 0 Å². The smallest absolute Gasteiger partial charge is 0.137 e. The van der Waals surface area contributed by atoms with E-state index in [9.17, 15) is 4.39 Å². The summed E-state index contributed by atoms with van der Waals surface area (Å²) in [5, 5.41) is 0. The van der Waals surface area contributed by atoms with Crippen LogP contribution < -0.4 is 5.73 Å². The lowest BCUT2D eigenvalue weighted by atomic mass is 9.75. The predicted molar refractivity (Wildman–Crippen MR) is 76.9 cm³/mol. The highest BCUT2D eigenvalue weighted by Gasteiger charge is 2.27. The molecule has 0 radical (unpaired) electrons. The molecular weight excluding hydrogens is 293 g/mol. The molecule has 2 rings (SSSR count). The highest BCUT2D eigenvalue weighted by molar-refractivity contribution is 9.10. The molecule has 18 heavy (non-hydrogen) atoms. The van der Waals surface area contributed by atoms with Crippen molar-refractivity contribution < 1.29 is 4.39 Å². The molecule has 3 atom stereocenters. The first-order valence-corrected chi connectivity index (χ1v) is 7.59. The van der Waals surface area contributed by atoms with Crippen LogP contribution in [0.3, 0.4) is 0 Å². The van der Waals surface area contributed by atoms with Gasteiger partial charge in [-0.1, -0.05) is 19.4 Å². The van der Waals surface area contributed by atoms with Gasteiger partial charge in [0, 0.05) is 6.04 Å². The zero-order chi connectivity index (χ0) is 13.1. The molecule has 0 spiro atoms. The fraction of sp³-hybridized carbons (Fsp3) is 0.600. The third-order valence-corrected chi connectivity index (χ3v) is 4.82. The van der Waals surface area contributed by atoms with Crippen molar-refractivity contribution in [3.8, 4) is 0 Å². The molecule has 2 N–H and O–H groups in total. The molecule has 1 aliphatic carbocycles. The maximum absolute atomic E-state index is 13.2. The van der Waals surface area contributed by atoms with Gasteiger partial charge in [0.2, 0.25) is 0 Å². The van der Waals surface area contributed by atoms with Gasteiger partial charge in [-0.2, -0.15) is 0 Å². The third kappa shape index (κ3) is 3.33. The number of rotatable bonds is 3. The van der Waals surface area contributed by atoms with E-state index in [0.29, 0.717) is 16.4 Å². The topological polar surface area (TPSA) is 26.0 Å². The van der Waals surface area contributed by atoms with Crippen LogP contribution in [-0.4, -0.2) is 6.04 Å². The molecule has 1 aromatic rings. The van der Waals surface area contributed by atoms with E-state index in [1.165, 1.54) is 30.9 Å². The molecule has 0 aliphatic heterocycles. The minimum atomic E-state index is -0.196. The number of halogens is 2. The molecule has 0 saturated heterocycles. The Morgan fingerprint density at radius 1 is 1.39 bits per heavy atom. The molecule has 1 nitrogen and oxygen atoms in total. The number of hydrogen-bond donors (Lipinski definition) is 1. The molecule has 0 heterocycles. The van der Waals surface area contributed by atoms with E-state index in [-0.39, 0.29) is 5.82 Å². The van der Waals surface area contributed by atoms with Crippen LogP contribution in [0.1, 0.15) is 38.2 Å². The van der Waals surface area contributed by atoms with Crippen molar-refractivity contribution in [3.63, 3.8) is 0 Å². The average molecular weight is 314 g/mol. The number of nitrogens with two attached hydrogens (primary N) is 1. The summed E-state index contributed by atoms with van der Waals surface area (Å²) in [5.41, 5.74) is 7.41. The molecule has 1 aliphatic rings. The fourth-order valence-electron chi connectivity index (χ4n) is 2.96. The second-order valence-corrected chi connectivity index (χ2v) is 6.32. The van der Waals surface area contributed by atoms with E-state index in [1.54, 1.807) is 0 Å². The molecule has 3 unspecified atom stereocenters. The van der Waals surface area contributed by atoms with E-state index in [4.69, 9.17) is 5.73 Å². The van der Waals surface area contributed by atoms with Crippen LogP contribution in [0, 0.1) is 17.7 Å². The van der Waals surface area contributed by atoms with Crippen molar-refractivity contribution in [2.24, 2.45) is 17.6 Å². The van der Waals surface area contributed by atoms with Crippen molar-refractivity contribution in [3.05, 3.63) is 34.1 Å². The Morgan fingerprint density at radius 2 is 2.17 bits per heavy atom. The van der Waals surface area contributed by atoms with Crippen LogP contribution in [-0.2, 0) is 6.42 Å². The molecule has 1 fully saturated rings. The van der Waals surface area contributed by atoms with E-state index in [1.807, 2.05) is 12.1 Å². The van der Waals surface area contributed by atoms with Gasteiger partial charge in [0.1, 0.15) is 5.82 Å². The lowest BCUT2D eigenvalue weighted by molar-refractivity contribution is 0.227. The molecule has 100 valence electrons. The number of benzene rings is 1. The van der Waals surface area contributed by atoms with Crippen LogP contribution in [0.2, 0.25) is 0 Å². The SMILES string of the molecule is CCC1CCC(N)C(Cc2ccc(F)c(Br)c2)C1. The summed E-state index contributed by atoms with van der Waals surface area (Å²) in [4.78, 5) is 0. The quantitative estimate of drug-likeness (QED) is 0.885. The molecule has 0 amide bonds. The van der Waals surface area contributed by atoms with Crippen molar-refractivity contribution in [1.29, 1.82) is 0 Å². The first kappa shape index (κ1) is 14.0. The van der Waals surface area contributed by atoms with Gasteiger partial charge in [0.25, 0.3) is 0 Å². The van der Waals surface area contributed by atoms with Crippen molar-refractivity contribution in [2.45, 2.75) is 45.1 Å². The zero-order valence-electron chi connectivity index (χ0n) is 10.8. The summed E-state index contributed by atoms with van der Waals surface area (Å²) in [6, 6.07) is 5.60. The Bertz CT molecular complexity index is 407. The van der Waals surface area contributed by atoms with Crippen molar-refractivity contribution in [1.82, 2.24) is 0 Å². The highest BCUT2D eigenvalue weighted by Crippen LogP contribution is 2.33. The Hall–Kier alpha value is -0.410. The maximum atomic E-state index is 13.2. The van der Waals surface area contributed by atoms with Crippen LogP contribution in [0.15, 0.2) is 22.7 Å². The summed E-state index contributed by atoms with van der Waals surface area (Å²) in [6.45, 7) is 2.26. The van der Waals surface area contributed by atoms with Gasteiger partial charge in [0.15, 0.2) is 0 Å². The molecule has 0 aromatic heterocycles. The Balaban J connectivity index is 2.04. The summed E-state index contributed by atoms with van der Waals surface area (Å²) >= 11 is 3.25. The van der Waals surface area contributed by atoms with Crippen LogP contribution in [0.4, 0.5) is 4.39 Å². The predicted octanol–water partition coefficient (Wildman–Crippen LogP) is 4.28. The van der Waals surface area contributed by atoms with E-state index in [0.717, 1.165) is 18.8 Å². The van der Waals surface area contributed by atoms with E-state index < -0.39 is 0 Å². The van der Waals surface area contributed by atoms with Crippen molar-refractivity contribution >= 4 is 15.9 Å². The van der Waals surface area contributed by atoms with E-state index >= 15 is 0 Å². The summed E-state index contributed by atoms with van der Waals surface area (Å²) < 4.78 is 13.8. The monoisotopic (exact) mass is 313 g/mol. The van der Waals surface area contributed by atoms with Gasteiger partial charge in [-0.05, 0) is 71.1 Å². The van der Waals surface area contributed by atoms with Crippen LogP contribution in [0.5, 0.6) is 0 Å². The van der Waals surface area contributed by atoms with Gasteiger partial charge in [-0.3, -0.25) is 0 Å². The largest absolute Gasteiger partial charge is 0.327 e. The van der Waals surface area contributed by atoms with Gasteiger partial charge in [0.05, 0.1) is 4.47 Å². The number of hydrogen-bond acceptors (Lipinski definition) is 1. The molecule has 0 bridgehead atoms. The van der Waals surface area contributed by atoms with Crippen LogP contribution >= 0.6 is 15.9 Å². The van der Waals surface area contributed by atoms with Crippen molar-refractivity contribution in [2.75, 3.05) is 0 Å². The first-order chi connectivity index (χ1) is 8.60. The second-order valence-electron chi connectivity index (χ2n) is 5.46.